The van der Waals surface area contributed by atoms with Gasteiger partial charge in [0.15, 0.2) is 5.70 Å². The Kier molecular flexibility index (Phi) is 6.68. The number of carbonyl (C=O) groups excluding carboxylic acids is 2. The third-order valence-corrected chi connectivity index (χ3v) is 2.26. The summed E-state index contributed by atoms with van der Waals surface area (Å²) >= 11 is 0. The van der Waals surface area contributed by atoms with Gasteiger partial charge in [0.05, 0.1) is 39.6 Å². The molecule has 0 aromatic rings. The molecule has 0 aliphatic rings. The Bertz CT molecular complexity index is 369. The molecule has 0 fully saturated rings. The van der Waals surface area contributed by atoms with E-state index in [-0.39, 0.29) is 29.8 Å². The fourth-order valence-electron chi connectivity index (χ4n) is 1.35. The maximum Gasteiger partial charge on any atom is 0.305 e. The molecule has 100 valence electrons. The third kappa shape index (κ3) is 8.30. The zero-order chi connectivity index (χ0) is 14.2. The molecule has 0 aromatic heterocycles. The molecule has 0 rings (SSSR count). The Balaban J connectivity index is 3.84. The lowest BCUT2D eigenvalue weighted by molar-refractivity contribution is -0.884. The van der Waals surface area contributed by atoms with E-state index in [1.54, 1.807) is 14.1 Å². The smallest absolute Gasteiger partial charge is 0.305 e. The number of carbonyl (C=O) groups is 2. The second-order valence-electron chi connectivity index (χ2n) is 4.63. The Hall–Kier alpha value is -1.87. The molecule has 6 nitrogen and oxygen atoms in total. The SMILES string of the molecule is [C-]#[N+]C(=C)COC(=O)CCC[N+](C)(C)CC(=O)[O-]. The number of hydrogen-bond acceptors (Lipinski definition) is 4. The van der Waals surface area contributed by atoms with Crippen molar-refractivity contribution in [3.8, 4) is 0 Å². The van der Waals surface area contributed by atoms with Crippen molar-refractivity contribution in [2.24, 2.45) is 0 Å². The molecule has 0 aliphatic heterocycles. The zero-order valence-electron chi connectivity index (χ0n) is 10.8. The van der Waals surface area contributed by atoms with Crippen LogP contribution >= 0.6 is 0 Å². The molecule has 0 atom stereocenters. The summed E-state index contributed by atoms with van der Waals surface area (Å²) in [6.07, 6.45) is 0.712. The van der Waals surface area contributed by atoms with Crippen LogP contribution in [0.5, 0.6) is 0 Å². The molecule has 0 saturated heterocycles. The second-order valence-corrected chi connectivity index (χ2v) is 4.63. The summed E-state index contributed by atoms with van der Waals surface area (Å²) in [7, 11) is 3.50. The van der Waals surface area contributed by atoms with Gasteiger partial charge >= 0.3 is 5.97 Å². The predicted molar refractivity (Wildman–Crippen MR) is 62.8 cm³/mol. The highest BCUT2D eigenvalue weighted by atomic mass is 16.5. The quantitative estimate of drug-likeness (QED) is 0.335. The fourth-order valence-corrected chi connectivity index (χ4v) is 1.35. The van der Waals surface area contributed by atoms with Crippen LogP contribution in [-0.4, -0.2) is 50.2 Å². The van der Waals surface area contributed by atoms with Crippen molar-refractivity contribution in [2.45, 2.75) is 12.8 Å². The summed E-state index contributed by atoms with van der Waals surface area (Å²) < 4.78 is 5.06. The molecule has 6 heteroatoms. The molecule has 0 radical (unpaired) electrons. The molecular weight excluding hydrogens is 236 g/mol. The summed E-state index contributed by atoms with van der Waals surface area (Å²) in [5.41, 5.74) is 0.177. The van der Waals surface area contributed by atoms with Crippen molar-refractivity contribution in [2.75, 3.05) is 33.8 Å². The number of esters is 1. The fraction of sp³-hybridized carbons (Fsp3) is 0.583. The van der Waals surface area contributed by atoms with Crippen LogP contribution in [0.3, 0.4) is 0 Å². The topological polar surface area (TPSA) is 70.8 Å². The van der Waals surface area contributed by atoms with Gasteiger partial charge in [-0.25, -0.2) is 4.85 Å². The molecule has 0 aromatic carbocycles. The van der Waals surface area contributed by atoms with E-state index in [1.165, 1.54) is 0 Å². The first-order chi connectivity index (χ1) is 8.26. The summed E-state index contributed by atoms with van der Waals surface area (Å²) in [5, 5.41) is 10.5. The number of carboxylic acids is 1. The van der Waals surface area contributed by atoms with Gasteiger partial charge in [0.1, 0.15) is 13.2 Å². The molecule has 0 bridgehead atoms. The van der Waals surface area contributed by atoms with E-state index >= 15 is 0 Å². The predicted octanol–water partition coefficient (Wildman–Crippen LogP) is -0.431. The molecule has 0 saturated carbocycles. The summed E-state index contributed by atoms with van der Waals surface area (Å²) in [6.45, 7) is 10.4. The van der Waals surface area contributed by atoms with Gasteiger partial charge in [0, 0.05) is 6.42 Å². The molecule has 0 amide bonds. The molecule has 0 N–H and O–H groups in total. The first kappa shape index (κ1) is 16.1. The number of quaternary nitrogens is 1. The van der Waals surface area contributed by atoms with Crippen molar-refractivity contribution in [1.29, 1.82) is 0 Å². The average molecular weight is 254 g/mol. The van der Waals surface area contributed by atoms with Crippen molar-refractivity contribution in [1.82, 2.24) is 0 Å². The van der Waals surface area contributed by atoms with Gasteiger partial charge in [-0.1, -0.05) is 6.58 Å². The van der Waals surface area contributed by atoms with Crippen LogP contribution in [0.15, 0.2) is 12.3 Å². The lowest BCUT2D eigenvalue weighted by Crippen LogP contribution is -2.48. The van der Waals surface area contributed by atoms with Crippen LogP contribution in [0.1, 0.15) is 12.8 Å². The van der Waals surface area contributed by atoms with Crippen LogP contribution in [0.4, 0.5) is 0 Å². The maximum absolute atomic E-state index is 11.3. The van der Waals surface area contributed by atoms with Crippen LogP contribution in [0.2, 0.25) is 0 Å². The van der Waals surface area contributed by atoms with Gasteiger partial charge in [0.2, 0.25) is 0 Å². The van der Waals surface area contributed by atoms with E-state index in [9.17, 15) is 14.7 Å². The largest absolute Gasteiger partial charge is 0.544 e. The lowest BCUT2D eigenvalue weighted by Gasteiger charge is -2.29. The molecule has 0 heterocycles. The van der Waals surface area contributed by atoms with Gasteiger partial charge in [-0.15, -0.1) is 0 Å². The third-order valence-electron chi connectivity index (χ3n) is 2.26. The van der Waals surface area contributed by atoms with Crippen LogP contribution in [-0.2, 0) is 14.3 Å². The standard InChI is InChI=1S/C12H18N2O4/c1-10(13-2)9-18-12(17)6-5-7-14(3,4)8-11(15)16/h1,5-9H2,3-4H3. The molecule has 0 spiro atoms. The average Bonchev–Trinajstić information content (AvgIpc) is 2.23. The lowest BCUT2D eigenvalue weighted by atomic mass is 10.2. The van der Waals surface area contributed by atoms with Crippen molar-refractivity contribution in [3.63, 3.8) is 0 Å². The second kappa shape index (κ2) is 7.45. The Morgan fingerprint density at radius 1 is 1.44 bits per heavy atom. The van der Waals surface area contributed by atoms with Crippen LogP contribution in [0, 0.1) is 6.57 Å². The van der Waals surface area contributed by atoms with E-state index in [2.05, 4.69) is 11.4 Å². The normalized spacial score (nSPS) is 10.5. The number of rotatable bonds is 8. The van der Waals surface area contributed by atoms with Crippen molar-refractivity contribution in [3.05, 3.63) is 23.7 Å². The summed E-state index contributed by atoms with van der Waals surface area (Å²) in [6, 6.07) is 0. The van der Waals surface area contributed by atoms with Crippen molar-refractivity contribution >= 4 is 11.9 Å². The number of aliphatic carboxylic acids is 1. The van der Waals surface area contributed by atoms with Crippen LogP contribution < -0.4 is 5.11 Å². The van der Waals surface area contributed by atoms with Gasteiger partial charge < -0.3 is 19.1 Å². The molecule has 0 aliphatic carbocycles. The highest BCUT2D eigenvalue weighted by Gasteiger charge is 2.16. The summed E-state index contributed by atoms with van der Waals surface area (Å²) in [5.74, 6) is -1.52. The van der Waals surface area contributed by atoms with Gasteiger partial charge in [-0.3, -0.25) is 4.79 Å². The minimum absolute atomic E-state index is 0.0837. The van der Waals surface area contributed by atoms with Crippen LogP contribution in [0.25, 0.3) is 4.85 Å². The first-order valence-corrected chi connectivity index (χ1v) is 5.49. The molecule has 0 unspecified atom stereocenters. The van der Waals surface area contributed by atoms with Crippen molar-refractivity contribution < 1.29 is 23.9 Å². The van der Waals surface area contributed by atoms with Gasteiger partial charge in [-0.2, -0.15) is 0 Å². The Morgan fingerprint density at radius 2 is 2.06 bits per heavy atom. The molecule has 18 heavy (non-hydrogen) atoms. The molecular formula is C12H18N2O4. The number of ether oxygens (including phenoxy) is 1. The van der Waals surface area contributed by atoms with Gasteiger partial charge in [0.25, 0.3) is 0 Å². The van der Waals surface area contributed by atoms with E-state index in [4.69, 9.17) is 11.3 Å². The van der Waals surface area contributed by atoms with E-state index in [0.29, 0.717) is 13.0 Å². The van der Waals surface area contributed by atoms with E-state index in [1.807, 2.05) is 0 Å². The van der Waals surface area contributed by atoms with E-state index < -0.39 is 11.9 Å². The minimum atomic E-state index is -1.11. The number of nitrogens with zero attached hydrogens (tertiary/aromatic N) is 2. The number of likely N-dealkylation sites (N-methyl/N-ethyl adjacent to an activating group) is 1. The highest BCUT2D eigenvalue weighted by molar-refractivity contribution is 5.69. The number of carboxylic acid groups (broad SMARTS) is 1. The summed E-state index contributed by atoms with van der Waals surface area (Å²) in [4.78, 5) is 24.8. The highest BCUT2D eigenvalue weighted by Crippen LogP contribution is 2.03. The zero-order valence-corrected chi connectivity index (χ0v) is 10.8. The Labute approximate surface area is 107 Å². The van der Waals surface area contributed by atoms with E-state index in [0.717, 1.165) is 0 Å². The minimum Gasteiger partial charge on any atom is -0.544 e. The van der Waals surface area contributed by atoms with Gasteiger partial charge in [-0.05, 0) is 0 Å². The first-order valence-electron chi connectivity index (χ1n) is 5.49. The maximum atomic E-state index is 11.3. The monoisotopic (exact) mass is 254 g/mol. The number of hydrogen-bond donors (Lipinski definition) is 0. The Morgan fingerprint density at radius 3 is 2.56 bits per heavy atom.